The third-order valence-corrected chi connectivity index (χ3v) is 3.42. The van der Waals surface area contributed by atoms with Crippen molar-refractivity contribution in [3.63, 3.8) is 0 Å². The van der Waals surface area contributed by atoms with Crippen LogP contribution >= 0.6 is 0 Å². The first kappa shape index (κ1) is 15.8. The summed E-state index contributed by atoms with van der Waals surface area (Å²) in [6.07, 6.45) is 2.68. The maximum atomic E-state index is 9.45. The molecule has 3 N–H and O–H groups in total. The molecule has 1 saturated heterocycles. The first-order chi connectivity index (χ1) is 10.1. The molecular weight excluding hydrogens is 268 g/mol. The molecule has 1 aromatic heterocycles. The molecule has 21 heavy (non-hydrogen) atoms. The van der Waals surface area contributed by atoms with Gasteiger partial charge in [0.25, 0.3) is 0 Å². The van der Waals surface area contributed by atoms with Crippen LogP contribution < -0.4 is 15.5 Å². The number of anilines is 3. The molecule has 0 amide bonds. The predicted octanol–water partition coefficient (Wildman–Crippen LogP) is 1.47. The molecule has 1 aromatic rings. The lowest BCUT2D eigenvalue weighted by Crippen LogP contribution is -2.25. The Bertz CT molecular complexity index is 447. The second-order valence-corrected chi connectivity index (χ2v) is 5.64. The summed E-state index contributed by atoms with van der Waals surface area (Å²) in [6.45, 7) is 8.58. The predicted molar refractivity (Wildman–Crippen MR) is 84.8 cm³/mol. The van der Waals surface area contributed by atoms with Crippen molar-refractivity contribution in [3.05, 3.63) is 0 Å². The van der Waals surface area contributed by atoms with E-state index in [4.69, 9.17) is 0 Å². The molecule has 118 valence electrons. The number of aliphatic hydroxyl groups is 1. The lowest BCUT2D eigenvalue weighted by Gasteiger charge is -2.19. The molecule has 2 atom stereocenters. The molecule has 0 spiro atoms. The average Bonchev–Trinajstić information content (AvgIpc) is 2.91. The molecule has 0 bridgehead atoms. The molecule has 0 radical (unpaired) electrons. The van der Waals surface area contributed by atoms with E-state index in [1.807, 2.05) is 13.8 Å². The minimum atomic E-state index is -0.347. The topological polar surface area (TPSA) is 86.2 Å². The second-order valence-electron chi connectivity index (χ2n) is 5.64. The van der Waals surface area contributed by atoms with Gasteiger partial charge in [-0.05, 0) is 40.0 Å². The molecule has 0 aliphatic carbocycles. The third kappa shape index (κ3) is 4.70. The van der Waals surface area contributed by atoms with Gasteiger partial charge in [-0.3, -0.25) is 0 Å². The summed E-state index contributed by atoms with van der Waals surface area (Å²) in [5.74, 6) is 1.89. The second kappa shape index (κ2) is 7.40. The minimum Gasteiger partial charge on any atom is -0.393 e. The van der Waals surface area contributed by atoms with Gasteiger partial charge in [-0.1, -0.05) is 0 Å². The number of aromatic nitrogens is 3. The number of hydrogen-bond donors (Lipinski definition) is 3. The van der Waals surface area contributed by atoms with Crippen LogP contribution in [0.4, 0.5) is 17.8 Å². The minimum absolute atomic E-state index is 0.105. The van der Waals surface area contributed by atoms with Crippen molar-refractivity contribution in [3.8, 4) is 0 Å². The highest BCUT2D eigenvalue weighted by molar-refractivity contribution is 5.44. The Morgan fingerprint density at radius 1 is 1.14 bits per heavy atom. The van der Waals surface area contributed by atoms with Crippen LogP contribution in [0.15, 0.2) is 0 Å². The molecule has 1 fully saturated rings. The Kier molecular flexibility index (Phi) is 5.55. The fourth-order valence-corrected chi connectivity index (χ4v) is 2.52. The fourth-order valence-electron chi connectivity index (χ4n) is 2.52. The Hall–Kier alpha value is -1.63. The fraction of sp³-hybridized carbons (Fsp3) is 0.786. The molecule has 1 aliphatic heterocycles. The molecule has 0 saturated carbocycles. The van der Waals surface area contributed by atoms with E-state index in [1.165, 1.54) is 12.8 Å². The van der Waals surface area contributed by atoms with E-state index in [2.05, 4.69) is 30.5 Å². The van der Waals surface area contributed by atoms with Crippen LogP contribution in [0.3, 0.4) is 0 Å². The van der Waals surface area contributed by atoms with E-state index in [0.29, 0.717) is 18.3 Å². The van der Waals surface area contributed by atoms with Gasteiger partial charge >= 0.3 is 0 Å². The largest absolute Gasteiger partial charge is 0.393 e. The van der Waals surface area contributed by atoms with Gasteiger partial charge in [-0.2, -0.15) is 15.0 Å². The van der Waals surface area contributed by atoms with E-state index < -0.39 is 0 Å². The molecule has 2 unspecified atom stereocenters. The molecule has 7 heteroatoms. The smallest absolute Gasteiger partial charge is 0.231 e. The van der Waals surface area contributed by atoms with E-state index in [0.717, 1.165) is 25.6 Å². The van der Waals surface area contributed by atoms with Crippen molar-refractivity contribution in [1.29, 1.82) is 0 Å². The monoisotopic (exact) mass is 294 g/mol. The average molecular weight is 294 g/mol. The van der Waals surface area contributed by atoms with Gasteiger partial charge in [-0.15, -0.1) is 0 Å². The quantitative estimate of drug-likeness (QED) is 0.702. The van der Waals surface area contributed by atoms with Crippen molar-refractivity contribution in [2.45, 2.75) is 52.2 Å². The Morgan fingerprint density at radius 2 is 1.81 bits per heavy atom. The lowest BCUT2D eigenvalue weighted by atomic mass is 10.2. The van der Waals surface area contributed by atoms with Crippen LogP contribution in [0.5, 0.6) is 0 Å². The molecule has 2 heterocycles. The summed E-state index contributed by atoms with van der Waals surface area (Å²) in [4.78, 5) is 15.6. The summed E-state index contributed by atoms with van der Waals surface area (Å²) in [6, 6.07) is 0.105. The van der Waals surface area contributed by atoms with Gasteiger partial charge in [0.1, 0.15) is 0 Å². The Morgan fingerprint density at radius 3 is 2.43 bits per heavy atom. The molecule has 0 aromatic carbocycles. The van der Waals surface area contributed by atoms with Crippen LogP contribution in [0.2, 0.25) is 0 Å². The van der Waals surface area contributed by atoms with Crippen molar-refractivity contribution < 1.29 is 5.11 Å². The van der Waals surface area contributed by atoms with Gasteiger partial charge in [0.2, 0.25) is 17.8 Å². The molecule has 1 aliphatic rings. The van der Waals surface area contributed by atoms with Crippen molar-refractivity contribution in [2.75, 3.05) is 35.2 Å². The zero-order valence-electron chi connectivity index (χ0n) is 13.1. The summed E-state index contributed by atoms with van der Waals surface area (Å²) in [7, 11) is 0. The Balaban J connectivity index is 2.14. The molecular formula is C14H26N6O. The first-order valence-electron chi connectivity index (χ1n) is 7.78. The summed E-state index contributed by atoms with van der Waals surface area (Å²) < 4.78 is 0. The summed E-state index contributed by atoms with van der Waals surface area (Å²) >= 11 is 0. The SMILES string of the molecule is CCNc1nc(NC(C)CC(C)O)nc(N2CCCC2)n1. The van der Waals surface area contributed by atoms with E-state index in [9.17, 15) is 5.11 Å². The van der Waals surface area contributed by atoms with Gasteiger partial charge in [0.15, 0.2) is 0 Å². The number of nitrogens with zero attached hydrogens (tertiary/aromatic N) is 4. The zero-order chi connectivity index (χ0) is 15.2. The maximum absolute atomic E-state index is 9.45. The van der Waals surface area contributed by atoms with Crippen molar-refractivity contribution in [2.24, 2.45) is 0 Å². The van der Waals surface area contributed by atoms with Gasteiger partial charge in [0, 0.05) is 25.7 Å². The van der Waals surface area contributed by atoms with Crippen molar-refractivity contribution in [1.82, 2.24) is 15.0 Å². The summed E-state index contributed by atoms with van der Waals surface area (Å²) in [5.41, 5.74) is 0. The zero-order valence-corrected chi connectivity index (χ0v) is 13.1. The van der Waals surface area contributed by atoms with Gasteiger partial charge in [-0.25, -0.2) is 0 Å². The number of aliphatic hydroxyl groups excluding tert-OH is 1. The normalized spacial score (nSPS) is 17.6. The number of nitrogens with one attached hydrogen (secondary N) is 2. The van der Waals surface area contributed by atoms with E-state index in [-0.39, 0.29) is 12.1 Å². The van der Waals surface area contributed by atoms with E-state index >= 15 is 0 Å². The van der Waals surface area contributed by atoms with Gasteiger partial charge < -0.3 is 20.6 Å². The van der Waals surface area contributed by atoms with Crippen LogP contribution in [0, 0.1) is 0 Å². The highest BCUT2D eigenvalue weighted by Gasteiger charge is 2.18. The van der Waals surface area contributed by atoms with Crippen LogP contribution in [0.25, 0.3) is 0 Å². The standard InChI is InChI=1S/C14H26N6O/c1-4-15-12-17-13(16-10(2)9-11(3)21)19-14(18-12)20-7-5-6-8-20/h10-11,21H,4-9H2,1-3H3,(H2,15,16,17,18,19). The van der Waals surface area contributed by atoms with Crippen LogP contribution in [0.1, 0.15) is 40.0 Å². The molecule has 2 rings (SSSR count). The number of hydrogen-bond acceptors (Lipinski definition) is 7. The van der Waals surface area contributed by atoms with Gasteiger partial charge in [0.05, 0.1) is 6.10 Å². The van der Waals surface area contributed by atoms with Crippen LogP contribution in [-0.2, 0) is 0 Å². The molecule has 7 nitrogen and oxygen atoms in total. The van der Waals surface area contributed by atoms with Crippen LogP contribution in [-0.4, -0.2) is 51.8 Å². The first-order valence-corrected chi connectivity index (χ1v) is 7.78. The highest BCUT2D eigenvalue weighted by Crippen LogP contribution is 2.19. The maximum Gasteiger partial charge on any atom is 0.231 e. The summed E-state index contributed by atoms with van der Waals surface area (Å²) in [5, 5.41) is 15.8. The number of rotatable bonds is 7. The highest BCUT2D eigenvalue weighted by atomic mass is 16.3. The lowest BCUT2D eigenvalue weighted by molar-refractivity contribution is 0.179. The van der Waals surface area contributed by atoms with Crippen molar-refractivity contribution >= 4 is 17.8 Å². The van der Waals surface area contributed by atoms with E-state index in [1.54, 1.807) is 6.92 Å². The third-order valence-electron chi connectivity index (χ3n) is 3.42. The Labute approximate surface area is 126 Å².